The maximum absolute atomic E-state index is 14.0. The van der Waals surface area contributed by atoms with E-state index >= 15 is 0 Å². The number of likely N-dealkylation sites (tertiary alicyclic amines) is 1. The van der Waals surface area contributed by atoms with Crippen LogP contribution in [0.5, 0.6) is 11.5 Å². The van der Waals surface area contributed by atoms with Crippen LogP contribution in [0.25, 0.3) is 0 Å². The van der Waals surface area contributed by atoms with Crippen LogP contribution < -0.4 is 9.64 Å². The zero-order valence-electron chi connectivity index (χ0n) is 21.7. The van der Waals surface area contributed by atoms with E-state index in [-0.39, 0.29) is 35.5 Å². The van der Waals surface area contributed by atoms with Crippen LogP contribution in [0.1, 0.15) is 24.3 Å². The Labute approximate surface area is 243 Å². The molecule has 2 saturated heterocycles. The Morgan fingerprint density at radius 1 is 1.05 bits per heavy atom. The van der Waals surface area contributed by atoms with E-state index < -0.39 is 62.0 Å². The van der Waals surface area contributed by atoms with E-state index in [4.69, 9.17) is 27.9 Å². The van der Waals surface area contributed by atoms with E-state index in [1.807, 2.05) is 0 Å². The second kappa shape index (κ2) is 9.02. The summed E-state index contributed by atoms with van der Waals surface area (Å²) in [6.07, 6.45) is 1.63. The number of ether oxygens (including phenoxy) is 1. The van der Waals surface area contributed by atoms with E-state index in [0.717, 1.165) is 15.9 Å². The summed E-state index contributed by atoms with van der Waals surface area (Å²) in [6, 6.07) is 9.68. The number of fused-ring (bicyclic) bond motifs is 4. The number of non-ortho nitro benzene ring substituents is 1. The fourth-order valence-electron chi connectivity index (χ4n) is 6.98. The minimum absolute atomic E-state index is 0.0597. The number of nitro benzene ring substituents is 1. The molecule has 3 fully saturated rings. The van der Waals surface area contributed by atoms with Gasteiger partial charge in [-0.1, -0.05) is 23.8 Å². The number of hydrogen-bond donors (Lipinski definition) is 1. The van der Waals surface area contributed by atoms with Crippen LogP contribution in [0.3, 0.4) is 0 Å². The molecule has 11 nitrogen and oxygen atoms in total. The number of aromatic hydroxyl groups is 1. The highest BCUT2D eigenvalue weighted by molar-refractivity contribution is 6.53. The summed E-state index contributed by atoms with van der Waals surface area (Å²) < 4.78 is 5.20. The lowest BCUT2D eigenvalue weighted by molar-refractivity contribution is -0.384. The molecule has 1 N–H and O–H groups in total. The SMILES string of the molecule is COc1ccc([C@H]2C3=CC[C@@H]4C(=O)N(c5cccc([N+](=O)[O-])c5)C(=O)[C@@H]4[C@@H]3C[C@@]3(Cl)C(=O)N(C)C(=O)[C@@]23Cl)c(O)c1. The molecule has 2 aliphatic heterocycles. The van der Waals surface area contributed by atoms with Crippen LogP contribution >= 0.6 is 23.2 Å². The topological polar surface area (TPSA) is 147 Å². The third-order valence-electron chi connectivity index (χ3n) is 8.86. The molecule has 0 bridgehead atoms. The highest BCUT2D eigenvalue weighted by Crippen LogP contribution is 2.66. The number of allylic oxidation sites excluding steroid dienone is 2. The van der Waals surface area contributed by atoms with Gasteiger partial charge in [0.25, 0.3) is 17.5 Å². The van der Waals surface area contributed by atoms with Gasteiger partial charge < -0.3 is 9.84 Å². The van der Waals surface area contributed by atoms with Crippen molar-refractivity contribution in [3.63, 3.8) is 0 Å². The molecular formula is C28H23Cl2N3O8. The third-order valence-corrected chi connectivity index (χ3v) is 10.3. The van der Waals surface area contributed by atoms with Crippen molar-refractivity contribution >= 4 is 58.2 Å². The highest BCUT2D eigenvalue weighted by Gasteiger charge is 2.76. The van der Waals surface area contributed by atoms with Crippen molar-refractivity contribution in [3.8, 4) is 11.5 Å². The van der Waals surface area contributed by atoms with Crippen LogP contribution in [0.2, 0.25) is 0 Å². The molecule has 2 aromatic rings. The fraction of sp³-hybridized carbons (Fsp3) is 0.357. The van der Waals surface area contributed by atoms with Gasteiger partial charge in [0.15, 0.2) is 9.75 Å². The number of halogens is 2. The number of methoxy groups -OCH3 is 1. The molecule has 6 rings (SSSR count). The normalized spacial score (nSPS) is 32.4. The van der Waals surface area contributed by atoms with Crippen LogP contribution in [-0.4, -0.2) is 62.5 Å². The summed E-state index contributed by atoms with van der Waals surface area (Å²) >= 11 is 14.2. The van der Waals surface area contributed by atoms with Crippen molar-refractivity contribution in [3.05, 3.63) is 69.8 Å². The van der Waals surface area contributed by atoms with Gasteiger partial charge in [0, 0.05) is 36.7 Å². The highest BCUT2D eigenvalue weighted by atomic mass is 35.5. The van der Waals surface area contributed by atoms with Gasteiger partial charge in [-0.25, -0.2) is 4.90 Å². The van der Waals surface area contributed by atoms with Gasteiger partial charge in [-0.05, 0) is 30.9 Å². The van der Waals surface area contributed by atoms with Gasteiger partial charge in [-0.2, -0.15) is 0 Å². The number of imide groups is 2. The van der Waals surface area contributed by atoms with Crippen molar-refractivity contribution in [2.75, 3.05) is 19.1 Å². The average molecular weight is 600 g/mol. The number of alkyl halides is 2. The molecule has 2 aliphatic carbocycles. The van der Waals surface area contributed by atoms with Gasteiger partial charge in [0.2, 0.25) is 11.8 Å². The first-order valence-corrected chi connectivity index (χ1v) is 13.5. The van der Waals surface area contributed by atoms with Crippen molar-refractivity contribution in [2.45, 2.75) is 28.5 Å². The maximum Gasteiger partial charge on any atom is 0.271 e. The molecule has 0 radical (unpaired) electrons. The predicted octanol–water partition coefficient (Wildman–Crippen LogP) is 3.50. The summed E-state index contributed by atoms with van der Waals surface area (Å²) in [5.74, 6) is -6.25. The Morgan fingerprint density at radius 3 is 2.44 bits per heavy atom. The Kier molecular flexibility index (Phi) is 5.99. The maximum atomic E-state index is 14.0. The van der Waals surface area contributed by atoms with Gasteiger partial charge in [0.05, 0.1) is 29.6 Å². The molecule has 1 saturated carbocycles. The van der Waals surface area contributed by atoms with Gasteiger partial charge in [0.1, 0.15) is 11.5 Å². The monoisotopic (exact) mass is 599 g/mol. The first-order chi connectivity index (χ1) is 19.4. The minimum Gasteiger partial charge on any atom is -0.508 e. The first-order valence-electron chi connectivity index (χ1n) is 12.8. The Hall–Kier alpha value is -3.96. The minimum atomic E-state index is -2.03. The zero-order valence-corrected chi connectivity index (χ0v) is 23.3. The van der Waals surface area contributed by atoms with Crippen LogP contribution in [0.4, 0.5) is 11.4 Å². The summed E-state index contributed by atoms with van der Waals surface area (Å²) in [5.41, 5.74) is 0.499. The van der Waals surface area contributed by atoms with Gasteiger partial charge >= 0.3 is 0 Å². The smallest absolute Gasteiger partial charge is 0.271 e. The average Bonchev–Trinajstić information content (AvgIpc) is 3.28. The molecule has 0 spiro atoms. The van der Waals surface area contributed by atoms with E-state index in [0.29, 0.717) is 11.3 Å². The van der Waals surface area contributed by atoms with Crippen LogP contribution in [-0.2, 0) is 19.2 Å². The molecule has 2 aromatic carbocycles. The first kappa shape index (κ1) is 27.2. The number of phenolic OH excluding ortho intramolecular Hbond substituents is 1. The number of rotatable bonds is 4. The van der Waals surface area contributed by atoms with Gasteiger partial charge in [-0.3, -0.25) is 34.2 Å². The van der Waals surface area contributed by atoms with E-state index in [2.05, 4.69) is 0 Å². The Balaban J connectivity index is 1.51. The molecule has 212 valence electrons. The van der Waals surface area contributed by atoms with Crippen LogP contribution in [0, 0.1) is 27.9 Å². The summed E-state index contributed by atoms with van der Waals surface area (Å²) in [7, 11) is 2.70. The molecule has 4 amide bonds. The standard InChI is InChI=1S/C28H23Cl2N3O8/c1-31-25(37)27(29)12-19-16(22(28(27,30)26(31)38)17-7-6-15(41-2)11-20(17)34)8-9-18-21(19)24(36)32(23(18)35)13-4-3-5-14(10-13)33(39)40/h3-8,10-11,18-19,21-22,34H,9,12H2,1-2H3/t18-,19+,21-,22+,27+,28-/m0/s1. The molecule has 0 unspecified atom stereocenters. The third kappa shape index (κ3) is 3.45. The second-order valence-corrected chi connectivity index (χ2v) is 12.0. The van der Waals surface area contributed by atoms with E-state index in [9.17, 15) is 34.4 Å². The van der Waals surface area contributed by atoms with Crippen molar-refractivity contribution in [1.29, 1.82) is 0 Å². The van der Waals surface area contributed by atoms with E-state index in [1.54, 1.807) is 12.1 Å². The number of phenols is 1. The summed E-state index contributed by atoms with van der Waals surface area (Å²) in [5, 5.41) is 22.4. The second-order valence-electron chi connectivity index (χ2n) is 10.7. The number of nitrogens with zero attached hydrogens (tertiary/aromatic N) is 3. The number of hydrogen-bond acceptors (Lipinski definition) is 8. The number of carbonyl (C=O) groups is 4. The molecule has 41 heavy (non-hydrogen) atoms. The lowest BCUT2D eigenvalue weighted by Crippen LogP contribution is -2.60. The zero-order chi connectivity index (χ0) is 29.6. The number of amides is 4. The molecular weight excluding hydrogens is 577 g/mol. The predicted molar refractivity (Wildman–Crippen MR) is 146 cm³/mol. The number of carbonyl (C=O) groups excluding carboxylic acids is 4. The Bertz CT molecular complexity index is 1610. The largest absolute Gasteiger partial charge is 0.508 e. The summed E-state index contributed by atoms with van der Waals surface area (Å²) in [6.45, 7) is 0. The quantitative estimate of drug-likeness (QED) is 0.184. The number of anilines is 1. The number of nitro groups is 1. The Morgan fingerprint density at radius 2 is 1.78 bits per heavy atom. The molecule has 6 atom stereocenters. The molecule has 4 aliphatic rings. The van der Waals surface area contributed by atoms with Crippen molar-refractivity contribution in [2.24, 2.45) is 17.8 Å². The molecule has 0 aromatic heterocycles. The molecule has 2 heterocycles. The fourth-order valence-corrected chi connectivity index (χ4v) is 8.00. The van der Waals surface area contributed by atoms with Crippen molar-refractivity contribution in [1.82, 2.24) is 4.90 Å². The van der Waals surface area contributed by atoms with Crippen LogP contribution in [0.15, 0.2) is 54.1 Å². The molecule has 13 heteroatoms. The number of benzene rings is 2. The summed E-state index contributed by atoms with van der Waals surface area (Å²) in [4.78, 5) is 63.2. The van der Waals surface area contributed by atoms with Gasteiger partial charge in [-0.15, -0.1) is 23.2 Å². The lowest BCUT2D eigenvalue weighted by Gasteiger charge is -2.50. The van der Waals surface area contributed by atoms with Crippen molar-refractivity contribution < 1.29 is 33.9 Å². The lowest BCUT2D eigenvalue weighted by atomic mass is 9.56. The van der Waals surface area contributed by atoms with E-state index in [1.165, 1.54) is 44.5 Å².